The zero-order valence-electron chi connectivity index (χ0n) is 16.7. The number of piperazine rings is 1. The highest BCUT2D eigenvalue weighted by Gasteiger charge is 2.22. The second-order valence-corrected chi connectivity index (χ2v) is 10.1. The summed E-state index contributed by atoms with van der Waals surface area (Å²) in [6, 6.07) is 17.5. The van der Waals surface area contributed by atoms with Crippen LogP contribution in [0.2, 0.25) is 0 Å². The molecule has 2 heterocycles. The molecule has 31 heavy (non-hydrogen) atoms. The average Bonchev–Trinajstić information content (AvgIpc) is 3.28. The zero-order valence-corrected chi connectivity index (χ0v) is 20.7. The molecular weight excluding hydrogens is 542 g/mol. The number of anilines is 2. The van der Waals surface area contributed by atoms with Crippen molar-refractivity contribution in [3.63, 3.8) is 0 Å². The Bertz CT molecular complexity index is 1040. The van der Waals surface area contributed by atoms with Crippen molar-refractivity contribution >= 4 is 66.4 Å². The van der Waals surface area contributed by atoms with Gasteiger partial charge in [0.15, 0.2) is 0 Å². The van der Waals surface area contributed by atoms with E-state index in [9.17, 15) is 9.59 Å². The van der Waals surface area contributed by atoms with Gasteiger partial charge in [-0.15, -0.1) is 11.3 Å². The first-order valence-electron chi connectivity index (χ1n) is 9.90. The number of hydrogen-bond donors (Lipinski definition) is 1. The van der Waals surface area contributed by atoms with Crippen molar-refractivity contribution in [1.82, 2.24) is 4.90 Å². The van der Waals surface area contributed by atoms with Crippen LogP contribution in [0, 0.1) is 0 Å². The highest BCUT2D eigenvalue weighted by molar-refractivity contribution is 9.11. The SMILES string of the molecule is O=C(Cc1cc(Br)cc(Br)c1)Nc1ccc(N2CCN(C(=O)c3cccs3)CC2)cc1. The second kappa shape index (κ2) is 9.97. The fourth-order valence-electron chi connectivity index (χ4n) is 3.58. The lowest BCUT2D eigenvalue weighted by molar-refractivity contribution is -0.115. The number of carbonyl (C=O) groups excluding carboxylic acids is 2. The molecular formula is C23H21Br2N3O2S. The van der Waals surface area contributed by atoms with Gasteiger partial charge in [0.05, 0.1) is 11.3 Å². The Morgan fingerprint density at radius 1 is 0.935 bits per heavy atom. The maximum Gasteiger partial charge on any atom is 0.264 e. The number of carbonyl (C=O) groups is 2. The lowest BCUT2D eigenvalue weighted by Crippen LogP contribution is -2.48. The minimum absolute atomic E-state index is 0.0570. The van der Waals surface area contributed by atoms with E-state index in [0.29, 0.717) is 19.5 Å². The first-order valence-corrected chi connectivity index (χ1v) is 12.4. The first kappa shape index (κ1) is 22.0. The topological polar surface area (TPSA) is 52.7 Å². The van der Waals surface area contributed by atoms with Gasteiger partial charge in [-0.25, -0.2) is 0 Å². The van der Waals surface area contributed by atoms with Crippen LogP contribution in [0.3, 0.4) is 0 Å². The molecule has 4 rings (SSSR count). The van der Waals surface area contributed by atoms with E-state index in [1.807, 2.05) is 64.9 Å². The van der Waals surface area contributed by atoms with Crippen LogP contribution in [0.4, 0.5) is 11.4 Å². The molecule has 0 unspecified atom stereocenters. The minimum atomic E-state index is -0.0570. The molecule has 1 aliphatic heterocycles. The molecule has 0 aliphatic carbocycles. The molecule has 5 nitrogen and oxygen atoms in total. The van der Waals surface area contributed by atoms with E-state index in [1.165, 1.54) is 11.3 Å². The summed E-state index contributed by atoms with van der Waals surface area (Å²) < 4.78 is 1.87. The summed E-state index contributed by atoms with van der Waals surface area (Å²) in [7, 11) is 0. The fraction of sp³-hybridized carbons (Fsp3) is 0.217. The van der Waals surface area contributed by atoms with Crippen molar-refractivity contribution in [3.8, 4) is 0 Å². The molecule has 0 radical (unpaired) electrons. The van der Waals surface area contributed by atoms with Gasteiger partial charge in [0, 0.05) is 46.5 Å². The van der Waals surface area contributed by atoms with Crippen molar-refractivity contribution in [2.24, 2.45) is 0 Å². The van der Waals surface area contributed by atoms with Gasteiger partial charge in [0.1, 0.15) is 0 Å². The number of thiophene rings is 1. The number of nitrogens with one attached hydrogen (secondary N) is 1. The van der Waals surface area contributed by atoms with Crippen LogP contribution >= 0.6 is 43.2 Å². The number of halogens is 2. The largest absolute Gasteiger partial charge is 0.368 e. The summed E-state index contributed by atoms with van der Waals surface area (Å²) in [4.78, 5) is 29.9. The molecule has 0 saturated carbocycles. The number of benzene rings is 2. The van der Waals surface area contributed by atoms with Gasteiger partial charge in [-0.05, 0) is 59.5 Å². The molecule has 1 saturated heterocycles. The molecule has 2 aromatic carbocycles. The molecule has 0 spiro atoms. The van der Waals surface area contributed by atoms with E-state index in [2.05, 4.69) is 42.1 Å². The van der Waals surface area contributed by atoms with Crippen molar-refractivity contribution in [2.45, 2.75) is 6.42 Å². The Morgan fingerprint density at radius 2 is 1.61 bits per heavy atom. The van der Waals surface area contributed by atoms with E-state index < -0.39 is 0 Å². The van der Waals surface area contributed by atoms with Gasteiger partial charge >= 0.3 is 0 Å². The molecule has 0 bridgehead atoms. The first-order chi connectivity index (χ1) is 15.0. The van der Waals surface area contributed by atoms with Gasteiger partial charge in [-0.3, -0.25) is 9.59 Å². The van der Waals surface area contributed by atoms with Crippen molar-refractivity contribution in [2.75, 3.05) is 36.4 Å². The molecule has 1 fully saturated rings. The van der Waals surface area contributed by atoms with E-state index >= 15 is 0 Å². The highest BCUT2D eigenvalue weighted by atomic mass is 79.9. The van der Waals surface area contributed by atoms with E-state index in [1.54, 1.807) is 0 Å². The molecule has 1 aliphatic rings. The maximum atomic E-state index is 12.5. The summed E-state index contributed by atoms with van der Waals surface area (Å²) in [5.74, 6) is 0.0589. The predicted octanol–water partition coefficient (Wildman–Crippen LogP) is 5.42. The zero-order chi connectivity index (χ0) is 21.8. The Labute approximate surface area is 202 Å². The third-order valence-electron chi connectivity index (χ3n) is 5.10. The lowest BCUT2D eigenvalue weighted by Gasteiger charge is -2.36. The maximum absolute atomic E-state index is 12.5. The van der Waals surface area contributed by atoms with Gasteiger partial charge in [0.2, 0.25) is 5.91 Å². The smallest absolute Gasteiger partial charge is 0.264 e. The number of amides is 2. The normalized spacial score (nSPS) is 13.9. The Hall–Kier alpha value is -2.16. The van der Waals surface area contributed by atoms with Crippen LogP contribution in [0.5, 0.6) is 0 Å². The van der Waals surface area contributed by atoms with Gasteiger partial charge in [0.25, 0.3) is 5.91 Å². The molecule has 3 aromatic rings. The monoisotopic (exact) mass is 561 g/mol. The van der Waals surface area contributed by atoms with E-state index in [0.717, 1.165) is 43.9 Å². The molecule has 160 valence electrons. The Balaban J connectivity index is 1.30. The number of rotatable bonds is 5. The molecule has 2 amide bonds. The fourth-order valence-corrected chi connectivity index (χ4v) is 5.66. The average molecular weight is 563 g/mol. The molecule has 0 atom stereocenters. The van der Waals surface area contributed by atoms with Gasteiger partial charge in [-0.2, -0.15) is 0 Å². The van der Waals surface area contributed by atoms with Gasteiger partial charge < -0.3 is 15.1 Å². The molecule has 1 aromatic heterocycles. The van der Waals surface area contributed by atoms with Crippen LogP contribution < -0.4 is 10.2 Å². The predicted molar refractivity (Wildman–Crippen MR) is 133 cm³/mol. The highest BCUT2D eigenvalue weighted by Crippen LogP contribution is 2.23. The number of hydrogen-bond acceptors (Lipinski definition) is 4. The molecule has 1 N–H and O–H groups in total. The third kappa shape index (κ3) is 5.75. The van der Waals surface area contributed by atoms with E-state index in [4.69, 9.17) is 0 Å². The number of nitrogens with zero attached hydrogens (tertiary/aromatic N) is 2. The van der Waals surface area contributed by atoms with Crippen LogP contribution in [0.15, 0.2) is 68.9 Å². The van der Waals surface area contributed by atoms with Crippen molar-refractivity contribution in [1.29, 1.82) is 0 Å². The Morgan fingerprint density at radius 3 is 2.23 bits per heavy atom. The lowest BCUT2D eigenvalue weighted by atomic mass is 10.1. The van der Waals surface area contributed by atoms with Gasteiger partial charge in [-0.1, -0.05) is 37.9 Å². The van der Waals surface area contributed by atoms with Crippen LogP contribution in [-0.2, 0) is 11.2 Å². The molecule has 8 heteroatoms. The Kier molecular flexibility index (Phi) is 7.09. The standard InChI is InChI=1S/C23H21Br2N3O2S/c24-17-12-16(13-18(25)15-17)14-22(29)26-19-3-5-20(6-4-19)27-7-9-28(10-8-27)23(30)21-2-1-11-31-21/h1-6,11-13,15H,7-10,14H2,(H,26,29). The summed E-state index contributed by atoms with van der Waals surface area (Å²) in [6.45, 7) is 3.00. The second-order valence-electron chi connectivity index (χ2n) is 7.31. The summed E-state index contributed by atoms with van der Waals surface area (Å²) in [6.07, 6.45) is 0.306. The summed E-state index contributed by atoms with van der Waals surface area (Å²) in [5, 5.41) is 4.89. The van der Waals surface area contributed by atoms with Crippen LogP contribution in [0.1, 0.15) is 15.2 Å². The summed E-state index contributed by atoms with van der Waals surface area (Å²) in [5.41, 5.74) is 2.80. The van der Waals surface area contributed by atoms with Crippen molar-refractivity contribution in [3.05, 3.63) is 79.4 Å². The minimum Gasteiger partial charge on any atom is -0.368 e. The van der Waals surface area contributed by atoms with E-state index in [-0.39, 0.29) is 11.8 Å². The third-order valence-corrected chi connectivity index (χ3v) is 6.88. The summed E-state index contributed by atoms with van der Waals surface area (Å²) >= 11 is 8.38. The van der Waals surface area contributed by atoms with Crippen molar-refractivity contribution < 1.29 is 9.59 Å². The van der Waals surface area contributed by atoms with Crippen LogP contribution in [0.25, 0.3) is 0 Å². The van der Waals surface area contributed by atoms with Crippen LogP contribution in [-0.4, -0.2) is 42.9 Å². The quantitative estimate of drug-likeness (QED) is 0.452.